The minimum atomic E-state index is -0.414. The maximum absolute atomic E-state index is 12.9. The molecule has 2 aromatic rings. The topological polar surface area (TPSA) is 41.1 Å². The summed E-state index contributed by atoms with van der Waals surface area (Å²) < 4.78 is 12.9. The molecule has 0 radical (unpaired) electrons. The second-order valence-corrected chi connectivity index (χ2v) is 5.58. The van der Waals surface area contributed by atoms with E-state index in [1.807, 2.05) is 0 Å². The zero-order chi connectivity index (χ0) is 16.1. The molecule has 0 bridgehead atoms. The van der Waals surface area contributed by atoms with Gasteiger partial charge in [0.1, 0.15) is 5.82 Å². The molecular formula is C15H11Cl2FN2OS. The first-order valence-electron chi connectivity index (χ1n) is 6.25. The maximum atomic E-state index is 12.9. The van der Waals surface area contributed by atoms with Gasteiger partial charge in [0.15, 0.2) is 5.11 Å². The van der Waals surface area contributed by atoms with Crippen LogP contribution in [0.5, 0.6) is 0 Å². The minimum absolute atomic E-state index is 0.130. The largest absolute Gasteiger partial charge is 0.358 e. The van der Waals surface area contributed by atoms with Gasteiger partial charge in [0.05, 0.1) is 10.6 Å². The fourth-order valence-electron chi connectivity index (χ4n) is 1.70. The summed E-state index contributed by atoms with van der Waals surface area (Å²) in [5.41, 5.74) is 0.991. The minimum Gasteiger partial charge on any atom is -0.358 e. The number of carbonyl (C=O) groups is 1. The fraction of sp³-hybridized carbons (Fsp3) is 0.0667. The van der Waals surface area contributed by atoms with Crippen LogP contribution in [0, 0.1) is 5.82 Å². The number of benzene rings is 2. The third kappa shape index (κ3) is 4.40. The molecule has 7 heteroatoms. The van der Waals surface area contributed by atoms with Gasteiger partial charge in [-0.3, -0.25) is 10.1 Å². The van der Waals surface area contributed by atoms with E-state index in [1.54, 1.807) is 30.3 Å². The Bertz CT molecular complexity index is 724. The molecule has 22 heavy (non-hydrogen) atoms. The molecule has 0 aliphatic carbocycles. The molecule has 0 heterocycles. The number of carbonyl (C=O) groups excluding carboxylic acids is 1. The predicted octanol–water partition coefficient (Wildman–Crippen LogP) is 3.94. The van der Waals surface area contributed by atoms with Crippen molar-refractivity contribution in [1.29, 1.82) is 0 Å². The highest BCUT2D eigenvalue weighted by Gasteiger charge is 2.11. The second-order valence-electron chi connectivity index (χ2n) is 4.35. The van der Waals surface area contributed by atoms with Crippen LogP contribution in [0.3, 0.4) is 0 Å². The molecule has 0 unspecified atom stereocenters. The van der Waals surface area contributed by atoms with Crippen LogP contribution in [-0.4, -0.2) is 11.0 Å². The van der Waals surface area contributed by atoms with Crippen molar-refractivity contribution in [3.8, 4) is 0 Å². The van der Waals surface area contributed by atoms with Crippen LogP contribution in [0.2, 0.25) is 10.0 Å². The fourth-order valence-corrected chi connectivity index (χ4v) is 2.32. The molecule has 2 rings (SSSR count). The molecule has 114 valence electrons. The lowest BCUT2D eigenvalue weighted by Crippen LogP contribution is -2.39. The number of hydrogen-bond acceptors (Lipinski definition) is 2. The monoisotopic (exact) mass is 356 g/mol. The Morgan fingerprint density at radius 2 is 1.86 bits per heavy atom. The number of rotatable bonds is 3. The van der Waals surface area contributed by atoms with Gasteiger partial charge in [-0.05, 0) is 42.0 Å². The van der Waals surface area contributed by atoms with Gasteiger partial charge in [-0.1, -0.05) is 41.4 Å². The van der Waals surface area contributed by atoms with E-state index in [1.165, 1.54) is 12.1 Å². The molecule has 0 aliphatic rings. The first-order valence-corrected chi connectivity index (χ1v) is 7.41. The van der Waals surface area contributed by atoms with E-state index in [4.69, 9.17) is 35.4 Å². The van der Waals surface area contributed by atoms with Crippen LogP contribution in [-0.2, 0) is 6.54 Å². The Kier molecular flexibility index (Phi) is 5.71. The Balaban J connectivity index is 1.93. The number of thiocarbonyl (C=S) groups is 1. The molecule has 2 N–H and O–H groups in total. The van der Waals surface area contributed by atoms with Crippen molar-refractivity contribution in [3.05, 3.63) is 69.5 Å². The third-order valence-corrected chi connectivity index (χ3v) is 3.73. The predicted molar refractivity (Wildman–Crippen MR) is 89.8 cm³/mol. The molecule has 0 saturated carbocycles. The highest BCUT2D eigenvalue weighted by atomic mass is 35.5. The van der Waals surface area contributed by atoms with Crippen molar-refractivity contribution in [2.24, 2.45) is 0 Å². The van der Waals surface area contributed by atoms with E-state index < -0.39 is 11.7 Å². The second kappa shape index (κ2) is 7.54. The van der Waals surface area contributed by atoms with E-state index in [0.29, 0.717) is 16.1 Å². The van der Waals surface area contributed by atoms with Crippen LogP contribution in [0.4, 0.5) is 4.39 Å². The van der Waals surface area contributed by atoms with Crippen LogP contribution >= 0.6 is 35.4 Å². The molecule has 0 fully saturated rings. The van der Waals surface area contributed by atoms with E-state index in [0.717, 1.165) is 0 Å². The maximum Gasteiger partial charge on any atom is 0.258 e. The van der Waals surface area contributed by atoms with Gasteiger partial charge in [0, 0.05) is 11.6 Å². The third-order valence-electron chi connectivity index (χ3n) is 2.80. The average Bonchev–Trinajstić information content (AvgIpc) is 2.46. The molecule has 0 aliphatic heterocycles. The quantitative estimate of drug-likeness (QED) is 0.818. The lowest BCUT2D eigenvalue weighted by Gasteiger charge is -2.11. The van der Waals surface area contributed by atoms with Gasteiger partial charge < -0.3 is 5.32 Å². The molecular weight excluding hydrogens is 346 g/mol. The van der Waals surface area contributed by atoms with Crippen molar-refractivity contribution in [1.82, 2.24) is 10.6 Å². The van der Waals surface area contributed by atoms with Gasteiger partial charge >= 0.3 is 0 Å². The van der Waals surface area contributed by atoms with Gasteiger partial charge in [0.25, 0.3) is 5.91 Å². The summed E-state index contributed by atoms with van der Waals surface area (Å²) in [5.74, 6) is -0.823. The normalized spacial score (nSPS) is 10.1. The van der Waals surface area contributed by atoms with Gasteiger partial charge in [-0.2, -0.15) is 0 Å². The van der Waals surface area contributed by atoms with Crippen molar-refractivity contribution in [2.75, 3.05) is 0 Å². The van der Waals surface area contributed by atoms with Crippen molar-refractivity contribution in [2.45, 2.75) is 6.54 Å². The Morgan fingerprint density at radius 1 is 1.14 bits per heavy atom. The Hall–Kier alpha value is -1.69. The number of amides is 1. The molecule has 1 amide bonds. The van der Waals surface area contributed by atoms with Crippen LogP contribution < -0.4 is 10.6 Å². The van der Waals surface area contributed by atoms with Gasteiger partial charge in [0.2, 0.25) is 0 Å². The van der Waals surface area contributed by atoms with Crippen molar-refractivity contribution in [3.63, 3.8) is 0 Å². The summed E-state index contributed by atoms with van der Waals surface area (Å²) in [7, 11) is 0. The Labute approximate surface area is 142 Å². The van der Waals surface area contributed by atoms with E-state index in [9.17, 15) is 9.18 Å². The number of halogens is 3. The smallest absolute Gasteiger partial charge is 0.258 e. The summed E-state index contributed by atoms with van der Waals surface area (Å²) in [6.07, 6.45) is 0. The zero-order valence-corrected chi connectivity index (χ0v) is 13.5. The van der Waals surface area contributed by atoms with Crippen LogP contribution in [0.25, 0.3) is 0 Å². The Morgan fingerprint density at radius 3 is 2.55 bits per heavy atom. The number of nitrogens with one attached hydrogen (secondary N) is 2. The SMILES string of the molecule is O=C(NC(=S)NCc1ccc(F)cc1Cl)c1ccccc1Cl. The molecule has 2 aromatic carbocycles. The number of hydrogen-bond donors (Lipinski definition) is 2. The summed E-state index contributed by atoms with van der Waals surface area (Å²) >= 11 is 16.9. The van der Waals surface area contributed by atoms with Crippen molar-refractivity contribution < 1.29 is 9.18 Å². The molecule has 3 nitrogen and oxygen atoms in total. The standard InChI is InChI=1S/C15H11Cl2FN2OS/c16-12-4-2-1-3-11(12)14(21)20-15(22)19-8-9-5-6-10(18)7-13(9)17/h1-7H,8H2,(H2,19,20,21,22). The highest BCUT2D eigenvalue weighted by molar-refractivity contribution is 7.80. The molecule has 0 atom stereocenters. The van der Waals surface area contributed by atoms with Crippen molar-refractivity contribution >= 4 is 46.4 Å². The van der Waals surface area contributed by atoms with E-state index in [-0.39, 0.29) is 16.7 Å². The highest BCUT2D eigenvalue weighted by Crippen LogP contribution is 2.17. The summed E-state index contributed by atoms with van der Waals surface area (Å²) in [5, 5.41) is 6.10. The summed E-state index contributed by atoms with van der Waals surface area (Å²) in [6, 6.07) is 10.7. The average molecular weight is 357 g/mol. The lowest BCUT2D eigenvalue weighted by molar-refractivity contribution is 0.0977. The van der Waals surface area contributed by atoms with E-state index in [2.05, 4.69) is 10.6 Å². The van der Waals surface area contributed by atoms with Crippen LogP contribution in [0.1, 0.15) is 15.9 Å². The van der Waals surface area contributed by atoms with Gasteiger partial charge in [-0.25, -0.2) is 4.39 Å². The molecule has 0 saturated heterocycles. The summed E-state index contributed by atoms with van der Waals surface area (Å²) in [6.45, 7) is 0.265. The zero-order valence-electron chi connectivity index (χ0n) is 11.2. The summed E-state index contributed by atoms with van der Waals surface area (Å²) in [4.78, 5) is 12.0. The van der Waals surface area contributed by atoms with Gasteiger partial charge in [-0.15, -0.1) is 0 Å². The lowest BCUT2D eigenvalue weighted by atomic mass is 10.2. The van der Waals surface area contributed by atoms with Crippen LogP contribution in [0.15, 0.2) is 42.5 Å². The van der Waals surface area contributed by atoms with E-state index >= 15 is 0 Å². The molecule has 0 aromatic heterocycles. The first-order chi connectivity index (χ1) is 10.5. The first kappa shape index (κ1) is 16.7. The molecule has 0 spiro atoms.